The summed E-state index contributed by atoms with van der Waals surface area (Å²) in [4.78, 5) is 7.42. The first-order valence-corrected chi connectivity index (χ1v) is 7.44. The van der Waals surface area contributed by atoms with Crippen LogP contribution in [0.4, 0.5) is 0 Å². The molecule has 0 aromatic rings. The minimum Gasteiger partial charge on any atom is -0.383 e. The molecule has 0 radical (unpaired) electrons. The smallest absolute Gasteiger partial charge is 0.0587 e. The van der Waals surface area contributed by atoms with Gasteiger partial charge in [0.15, 0.2) is 0 Å². The van der Waals surface area contributed by atoms with E-state index in [4.69, 9.17) is 4.74 Å². The third-order valence-electron chi connectivity index (χ3n) is 3.82. The van der Waals surface area contributed by atoms with Crippen LogP contribution in [0.3, 0.4) is 0 Å². The molecular weight excluding hydrogens is 240 g/mol. The van der Waals surface area contributed by atoms with Crippen molar-refractivity contribution >= 4 is 0 Å². The first-order chi connectivity index (χ1) is 9.13. The van der Waals surface area contributed by atoms with E-state index in [-0.39, 0.29) is 0 Å². The minimum absolute atomic E-state index is 0.618. The van der Waals surface area contributed by atoms with Crippen LogP contribution in [0.15, 0.2) is 0 Å². The molecule has 5 heteroatoms. The standard InChI is InChI=1S/C14H32N4O/c1-14(13-15-5-12-19-4)18-10-8-17(9-11-18)7-6-16(2)3/h14-15H,5-13H2,1-4H3. The van der Waals surface area contributed by atoms with E-state index < -0.39 is 0 Å². The molecule has 0 bridgehead atoms. The number of methoxy groups -OCH3 is 1. The molecule has 0 amide bonds. The Kier molecular flexibility index (Phi) is 8.57. The highest BCUT2D eigenvalue weighted by molar-refractivity contribution is 4.77. The van der Waals surface area contributed by atoms with E-state index in [1.807, 2.05) is 0 Å². The van der Waals surface area contributed by atoms with Gasteiger partial charge in [0.2, 0.25) is 0 Å². The van der Waals surface area contributed by atoms with Crippen molar-refractivity contribution < 1.29 is 4.74 Å². The highest BCUT2D eigenvalue weighted by Gasteiger charge is 2.20. The molecule has 1 unspecified atom stereocenters. The van der Waals surface area contributed by atoms with Gasteiger partial charge >= 0.3 is 0 Å². The molecule has 5 nitrogen and oxygen atoms in total. The lowest BCUT2D eigenvalue weighted by molar-refractivity contribution is 0.0959. The summed E-state index contributed by atoms with van der Waals surface area (Å²) in [5.74, 6) is 0. The SMILES string of the molecule is COCCNCC(C)N1CCN(CCN(C)C)CC1. The number of nitrogens with one attached hydrogen (secondary N) is 1. The van der Waals surface area contributed by atoms with E-state index in [1.54, 1.807) is 7.11 Å². The van der Waals surface area contributed by atoms with Gasteiger partial charge in [0.1, 0.15) is 0 Å². The van der Waals surface area contributed by atoms with Crippen molar-refractivity contribution in [1.29, 1.82) is 0 Å². The van der Waals surface area contributed by atoms with Crippen LogP contribution in [-0.4, -0.2) is 101 Å². The molecule has 0 aromatic heterocycles. The van der Waals surface area contributed by atoms with Gasteiger partial charge in [-0.15, -0.1) is 0 Å². The molecule has 1 aliphatic rings. The lowest BCUT2D eigenvalue weighted by atomic mass is 10.2. The Bertz CT molecular complexity index is 217. The molecule has 0 aromatic carbocycles. The molecular formula is C14H32N4O. The van der Waals surface area contributed by atoms with Crippen LogP contribution in [-0.2, 0) is 4.74 Å². The highest BCUT2D eigenvalue weighted by Crippen LogP contribution is 2.05. The van der Waals surface area contributed by atoms with Crippen molar-refractivity contribution in [3.63, 3.8) is 0 Å². The fourth-order valence-electron chi connectivity index (χ4n) is 2.38. The minimum atomic E-state index is 0.618. The van der Waals surface area contributed by atoms with E-state index in [0.29, 0.717) is 6.04 Å². The lowest BCUT2D eigenvalue weighted by Crippen LogP contribution is -2.52. The van der Waals surface area contributed by atoms with Gasteiger partial charge in [-0.1, -0.05) is 0 Å². The molecule has 0 aliphatic carbocycles. The fourth-order valence-corrected chi connectivity index (χ4v) is 2.38. The van der Waals surface area contributed by atoms with Crippen LogP contribution in [0.25, 0.3) is 0 Å². The zero-order valence-electron chi connectivity index (χ0n) is 13.2. The second-order valence-electron chi connectivity index (χ2n) is 5.73. The summed E-state index contributed by atoms with van der Waals surface area (Å²) < 4.78 is 5.04. The average molecular weight is 272 g/mol. The maximum atomic E-state index is 5.04. The predicted octanol–water partition coefficient (Wildman–Crippen LogP) is -0.210. The number of hydrogen-bond donors (Lipinski definition) is 1. The fraction of sp³-hybridized carbons (Fsp3) is 1.00. The molecule has 1 rings (SSSR count). The van der Waals surface area contributed by atoms with Gasteiger partial charge in [-0.2, -0.15) is 0 Å². The summed E-state index contributed by atoms with van der Waals surface area (Å²) in [7, 11) is 6.03. The van der Waals surface area contributed by atoms with Crippen molar-refractivity contribution in [3.8, 4) is 0 Å². The van der Waals surface area contributed by atoms with Crippen molar-refractivity contribution in [1.82, 2.24) is 20.0 Å². The maximum Gasteiger partial charge on any atom is 0.0587 e. The third-order valence-corrected chi connectivity index (χ3v) is 3.82. The first-order valence-electron chi connectivity index (χ1n) is 7.44. The Balaban J connectivity index is 2.11. The number of piperazine rings is 1. The molecule has 19 heavy (non-hydrogen) atoms. The Morgan fingerprint density at radius 2 is 1.89 bits per heavy atom. The molecule has 1 atom stereocenters. The molecule has 1 N–H and O–H groups in total. The van der Waals surface area contributed by atoms with Crippen LogP contribution in [0.2, 0.25) is 0 Å². The van der Waals surface area contributed by atoms with Gasteiger partial charge in [-0.05, 0) is 21.0 Å². The Labute approximate surface area is 118 Å². The Hall–Kier alpha value is -0.200. The second-order valence-corrected chi connectivity index (χ2v) is 5.73. The summed E-state index contributed by atoms with van der Waals surface area (Å²) in [6, 6.07) is 0.618. The van der Waals surface area contributed by atoms with Crippen molar-refractivity contribution in [2.45, 2.75) is 13.0 Å². The summed E-state index contributed by atoms with van der Waals surface area (Å²) in [5, 5.41) is 3.45. The van der Waals surface area contributed by atoms with Gasteiger partial charge < -0.3 is 15.0 Å². The zero-order chi connectivity index (χ0) is 14.1. The lowest BCUT2D eigenvalue weighted by Gasteiger charge is -2.38. The van der Waals surface area contributed by atoms with Gasteiger partial charge in [-0.25, -0.2) is 0 Å². The van der Waals surface area contributed by atoms with Crippen LogP contribution in [0, 0.1) is 0 Å². The topological polar surface area (TPSA) is 31.0 Å². The molecule has 1 fully saturated rings. The number of likely N-dealkylation sites (N-methyl/N-ethyl adjacent to an activating group) is 1. The molecule has 114 valence electrons. The summed E-state index contributed by atoms with van der Waals surface area (Å²) in [6.07, 6.45) is 0. The summed E-state index contributed by atoms with van der Waals surface area (Å²) in [6.45, 7) is 12.3. The van der Waals surface area contributed by atoms with Gasteiger partial charge in [0.05, 0.1) is 6.61 Å². The number of ether oxygens (including phenoxy) is 1. The molecule has 0 saturated carbocycles. The van der Waals surface area contributed by atoms with Crippen LogP contribution in [0.5, 0.6) is 0 Å². The van der Waals surface area contributed by atoms with Crippen LogP contribution < -0.4 is 5.32 Å². The van der Waals surface area contributed by atoms with Crippen LogP contribution in [0.1, 0.15) is 6.92 Å². The van der Waals surface area contributed by atoms with E-state index in [0.717, 1.165) is 26.2 Å². The maximum absolute atomic E-state index is 5.04. The van der Waals surface area contributed by atoms with E-state index in [2.05, 4.69) is 41.0 Å². The van der Waals surface area contributed by atoms with Crippen LogP contribution >= 0.6 is 0 Å². The van der Waals surface area contributed by atoms with E-state index in [1.165, 1.54) is 32.7 Å². The monoisotopic (exact) mass is 272 g/mol. The Morgan fingerprint density at radius 3 is 2.47 bits per heavy atom. The number of hydrogen-bond acceptors (Lipinski definition) is 5. The average Bonchev–Trinajstić information content (AvgIpc) is 2.41. The largest absolute Gasteiger partial charge is 0.383 e. The van der Waals surface area contributed by atoms with Gasteiger partial charge in [0.25, 0.3) is 0 Å². The molecule has 1 heterocycles. The van der Waals surface area contributed by atoms with Crippen molar-refractivity contribution in [2.24, 2.45) is 0 Å². The molecule has 1 aliphatic heterocycles. The van der Waals surface area contributed by atoms with E-state index >= 15 is 0 Å². The highest BCUT2D eigenvalue weighted by atomic mass is 16.5. The second kappa shape index (κ2) is 9.66. The van der Waals surface area contributed by atoms with Gasteiger partial charge in [-0.3, -0.25) is 9.80 Å². The normalized spacial score (nSPS) is 20.1. The number of rotatable bonds is 9. The van der Waals surface area contributed by atoms with Gasteiger partial charge in [0, 0.05) is 65.5 Å². The van der Waals surface area contributed by atoms with Crippen molar-refractivity contribution in [3.05, 3.63) is 0 Å². The van der Waals surface area contributed by atoms with Crippen molar-refractivity contribution in [2.75, 3.05) is 80.2 Å². The molecule has 0 spiro atoms. The quantitative estimate of drug-likeness (QED) is 0.587. The first kappa shape index (κ1) is 16.9. The summed E-state index contributed by atoms with van der Waals surface area (Å²) >= 11 is 0. The Morgan fingerprint density at radius 1 is 1.21 bits per heavy atom. The van der Waals surface area contributed by atoms with E-state index in [9.17, 15) is 0 Å². The number of nitrogens with zero attached hydrogens (tertiary/aromatic N) is 3. The predicted molar refractivity (Wildman–Crippen MR) is 80.8 cm³/mol. The third kappa shape index (κ3) is 7.22. The summed E-state index contributed by atoms with van der Waals surface area (Å²) in [5.41, 5.74) is 0. The molecule has 1 saturated heterocycles. The zero-order valence-corrected chi connectivity index (χ0v) is 13.2.